The number of sulfone groups is 1. The van der Waals surface area contributed by atoms with E-state index in [1.165, 1.54) is 24.1 Å². The maximum atomic E-state index is 11.3. The van der Waals surface area contributed by atoms with Crippen molar-refractivity contribution in [2.75, 3.05) is 11.5 Å². The predicted octanol–water partition coefficient (Wildman–Crippen LogP) is 1.90. The Kier molecular flexibility index (Phi) is 3.47. The van der Waals surface area contributed by atoms with Gasteiger partial charge in [0, 0.05) is 22.3 Å². The van der Waals surface area contributed by atoms with E-state index in [1.54, 1.807) is 10.4 Å². The number of thiophene rings is 1. The highest BCUT2D eigenvalue weighted by atomic mass is 32.2. The summed E-state index contributed by atoms with van der Waals surface area (Å²) in [6.45, 7) is 0.905. The van der Waals surface area contributed by atoms with Crippen LogP contribution < -0.4 is 5.32 Å². The molecule has 1 aliphatic carbocycles. The summed E-state index contributed by atoms with van der Waals surface area (Å²) in [7, 11) is -2.73. The average molecular weight is 285 g/mol. The molecule has 0 spiro atoms. The molecule has 3 nitrogen and oxygen atoms in total. The van der Waals surface area contributed by atoms with Gasteiger partial charge < -0.3 is 5.32 Å². The molecule has 0 unspecified atom stereocenters. The van der Waals surface area contributed by atoms with Crippen molar-refractivity contribution in [2.45, 2.75) is 44.7 Å². The lowest BCUT2D eigenvalue weighted by Crippen LogP contribution is -2.36. The molecule has 0 amide bonds. The normalized spacial score (nSPS) is 23.1. The molecular formula is C13H19NO2S2. The monoisotopic (exact) mass is 285 g/mol. The van der Waals surface area contributed by atoms with Crippen LogP contribution in [-0.2, 0) is 29.2 Å². The second-order valence-electron chi connectivity index (χ2n) is 5.32. The highest BCUT2D eigenvalue weighted by Gasteiger charge is 2.23. The molecule has 0 bridgehead atoms. The molecule has 0 aromatic carbocycles. The second-order valence-corrected chi connectivity index (χ2v) is 8.85. The van der Waals surface area contributed by atoms with E-state index in [-0.39, 0.29) is 0 Å². The van der Waals surface area contributed by atoms with Gasteiger partial charge in [-0.05, 0) is 43.7 Å². The molecule has 1 saturated heterocycles. The van der Waals surface area contributed by atoms with E-state index in [0.29, 0.717) is 17.5 Å². The van der Waals surface area contributed by atoms with E-state index in [9.17, 15) is 8.42 Å². The van der Waals surface area contributed by atoms with Crippen LogP contribution in [0.15, 0.2) is 6.07 Å². The van der Waals surface area contributed by atoms with Gasteiger partial charge in [-0.2, -0.15) is 0 Å². The Labute approximate surface area is 113 Å². The fourth-order valence-corrected chi connectivity index (χ4v) is 5.52. The average Bonchev–Trinajstić information content (AvgIpc) is 2.88. The van der Waals surface area contributed by atoms with Crippen LogP contribution >= 0.6 is 11.3 Å². The maximum absolute atomic E-state index is 11.3. The number of fused-ring (bicyclic) bond motifs is 1. The minimum absolute atomic E-state index is 0.353. The van der Waals surface area contributed by atoms with Crippen molar-refractivity contribution in [3.8, 4) is 0 Å². The van der Waals surface area contributed by atoms with E-state index in [2.05, 4.69) is 11.4 Å². The predicted molar refractivity (Wildman–Crippen MR) is 74.9 cm³/mol. The zero-order valence-corrected chi connectivity index (χ0v) is 12.1. The Hall–Kier alpha value is -0.390. The Bertz CT molecular complexity index is 498. The van der Waals surface area contributed by atoms with E-state index in [0.717, 1.165) is 19.4 Å². The van der Waals surface area contributed by atoms with E-state index in [1.807, 2.05) is 11.3 Å². The van der Waals surface area contributed by atoms with Crippen LogP contribution in [0, 0.1) is 0 Å². The quantitative estimate of drug-likeness (QED) is 0.922. The highest BCUT2D eigenvalue weighted by Crippen LogP contribution is 2.30. The topological polar surface area (TPSA) is 46.2 Å². The molecule has 1 N–H and O–H groups in total. The van der Waals surface area contributed by atoms with E-state index < -0.39 is 9.84 Å². The molecule has 2 aliphatic rings. The molecule has 5 heteroatoms. The molecule has 3 rings (SSSR count). The first-order chi connectivity index (χ1) is 8.62. The smallest absolute Gasteiger partial charge is 0.150 e. The first-order valence-corrected chi connectivity index (χ1v) is 9.30. The molecule has 0 radical (unpaired) electrons. The highest BCUT2D eigenvalue weighted by molar-refractivity contribution is 7.91. The van der Waals surface area contributed by atoms with Gasteiger partial charge in [-0.15, -0.1) is 11.3 Å². The fourth-order valence-electron chi connectivity index (χ4n) is 2.82. The second kappa shape index (κ2) is 4.94. The van der Waals surface area contributed by atoms with Gasteiger partial charge in [0.1, 0.15) is 9.84 Å². The van der Waals surface area contributed by atoms with Crippen molar-refractivity contribution in [1.82, 2.24) is 5.32 Å². The Balaban J connectivity index is 1.52. The minimum atomic E-state index is -2.73. The summed E-state index contributed by atoms with van der Waals surface area (Å²) in [5, 5.41) is 3.51. The molecule has 18 heavy (non-hydrogen) atoms. The lowest BCUT2D eigenvalue weighted by atomic mass is 10.1. The van der Waals surface area contributed by atoms with Gasteiger partial charge in [0.15, 0.2) is 0 Å². The van der Waals surface area contributed by atoms with Crippen molar-refractivity contribution >= 4 is 21.2 Å². The Morgan fingerprint density at radius 3 is 2.78 bits per heavy atom. The first kappa shape index (κ1) is 12.6. The van der Waals surface area contributed by atoms with Crippen LogP contribution in [0.1, 0.15) is 34.6 Å². The minimum Gasteiger partial charge on any atom is -0.309 e. The SMILES string of the molecule is O=S1(=O)CCC(NCc2cc3c(s2)CCC3)CC1. The lowest BCUT2D eigenvalue weighted by molar-refractivity contribution is 0.464. The number of aryl methyl sites for hydroxylation is 2. The van der Waals surface area contributed by atoms with Gasteiger partial charge >= 0.3 is 0 Å². The van der Waals surface area contributed by atoms with Crippen molar-refractivity contribution in [3.63, 3.8) is 0 Å². The van der Waals surface area contributed by atoms with Crippen LogP contribution in [0.2, 0.25) is 0 Å². The van der Waals surface area contributed by atoms with Crippen molar-refractivity contribution in [1.29, 1.82) is 0 Å². The van der Waals surface area contributed by atoms with Gasteiger partial charge in [0.25, 0.3) is 0 Å². The molecule has 0 saturated carbocycles. The molecule has 1 aromatic rings. The van der Waals surface area contributed by atoms with Gasteiger partial charge in [-0.3, -0.25) is 0 Å². The zero-order valence-electron chi connectivity index (χ0n) is 10.4. The van der Waals surface area contributed by atoms with Crippen LogP contribution in [0.5, 0.6) is 0 Å². The lowest BCUT2D eigenvalue weighted by Gasteiger charge is -2.22. The van der Waals surface area contributed by atoms with Crippen LogP contribution in [0.25, 0.3) is 0 Å². The third-order valence-corrected chi connectivity index (χ3v) is 6.87. The first-order valence-electron chi connectivity index (χ1n) is 6.67. The molecule has 0 atom stereocenters. The summed E-state index contributed by atoms with van der Waals surface area (Å²) in [6, 6.07) is 2.71. The number of hydrogen-bond acceptors (Lipinski definition) is 4. The number of rotatable bonds is 3. The summed E-state index contributed by atoms with van der Waals surface area (Å²) in [5.74, 6) is 0.706. The van der Waals surface area contributed by atoms with Crippen molar-refractivity contribution in [3.05, 3.63) is 21.4 Å². The van der Waals surface area contributed by atoms with E-state index >= 15 is 0 Å². The largest absolute Gasteiger partial charge is 0.309 e. The Morgan fingerprint density at radius 2 is 2.06 bits per heavy atom. The molecule has 2 heterocycles. The third-order valence-electron chi connectivity index (χ3n) is 3.92. The molecule has 1 aliphatic heterocycles. The maximum Gasteiger partial charge on any atom is 0.150 e. The van der Waals surface area contributed by atoms with Crippen LogP contribution in [0.3, 0.4) is 0 Å². The summed E-state index contributed by atoms with van der Waals surface area (Å²) in [6.07, 6.45) is 5.35. The van der Waals surface area contributed by atoms with Gasteiger partial charge in [-0.25, -0.2) is 8.42 Å². The van der Waals surface area contributed by atoms with Crippen molar-refractivity contribution in [2.24, 2.45) is 0 Å². The van der Waals surface area contributed by atoms with Crippen LogP contribution in [0.4, 0.5) is 0 Å². The van der Waals surface area contributed by atoms with Crippen LogP contribution in [-0.4, -0.2) is 26.0 Å². The van der Waals surface area contributed by atoms with Gasteiger partial charge in [0.2, 0.25) is 0 Å². The van der Waals surface area contributed by atoms with Gasteiger partial charge in [-0.1, -0.05) is 0 Å². The zero-order chi connectivity index (χ0) is 12.6. The molecular weight excluding hydrogens is 266 g/mol. The standard InChI is InChI=1S/C13H19NO2S2/c15-18(16)6-4-11(5-7-18)14-9-12-8-10-2-1-3-13(10)17-12/h8,11,14H,1-7,9H2. The summed E-state index contributed by atoms with van der Waals surface area (Å²) >= 11 is 1.93. The Morgan fingerprint density at radius 1 is 1.28 bits per heavy atom. The summed E-state index contributed by atoms with van der Waals surface area (Å²) < 4.78 is 22.7. The van der Waals surface area contributed by atoms with Crippen molar-refractivity contribution < 1.29 is 8.42 Å². The van der Waals surface area contributed by atoms with E-state index in [4.69, 9.17) is 0 Å². The third kappa shape index (κ3) is 2.78. The molecule has 1 aromatic heterocycles. The number of nitrogens with one attached hydrogen (secondary N) is 1. The summed E-state index contributed by atoms with van der Waals surface area (Å²) in [5.41, 5.74) is 1.54. The van der Waals surface area contributed by atoms with Gasteiger partial charge in [0.05, 0.1) is 11.5 Å². The fraction of sp³-hybridized carbons (Fsp3) is 0.692. The summed E-state index contributed by atoms with van der Waals surface area (Å²) in [4.78, 5) is 2.98. The molecule has 1 fully saturated rings. The number of hydrogen-bond donors (Lipinski definition) is 1. The molecule has 100 valence electrons.